The second-order valence-electron chi connectivity index (χ2n) is 6.07. The summed E-state index contributed by atoms with van der Waals surface area (Å²) in [5.41, 5.74) is 2.30. The van der Waals surface area contributed by atoms with E-state index in [1.54, 1.807) is 28.8 Å². The zero-order valence-corrected chi connectivity index (χ0v) is 18.3. The SMILES string of the molecule is O=c1c2ccccc2nc(SCc2ccc(Br)cc2)n1-c1ccc(Cl)c(Cl)c1. The first-order valence-corrected chi connectivity index (χ1v) is 10.9. The Bertz CT molecular complexity index is 1230. The van der Waals surface area contributed by atoms with Crippen LogP contribution in [0.5, 0.6) is 0 Å². The fourth-order valence-electron chi connectivity index (χ4n) is 2.79. The average Bonchev–Trinajstić information content (AvgIpc) is 2.70. The summed E-state index contributed by atoms with van der Waals surface area (Å²) < 4.78 is 2.62. The fraction of sp³-hybridized carbons (Fsp3) is 0.0476. The monoisotopic (exact) mass is 490 g/mol. The second-order valence-corrected chi connectivity index (χ2v) is 8.74. The Labute approximate surface area is 184 Å². The minimum absolute atomic E-state index is 0.137. The summed E-state index contributed by atoms with van der Waals surface area (Å²) in [5.74, 6) is 0.680. The first-order chi connectivity index (χ1) is 13.5. The largest absolute Gasteiger partial charge is 0.268 e. The van der Waals surface area contributed by atoms with Crippen molar-refractivity contribution < 1.29 is 0 Å². The lowest BCUT2D eigenvalue weighted by Gasteiger charge is -2.14. The molecular formula is C21H13BrCl2N2OS. The van der Waals surface area contributed by atoms with Gasteiger partial charge in [-0.2, -0.15) is 0 Å². The predicted molar refractivity (Wildman–Crippen MR) is 121 cm³/mol. The summed E-state index contributed by atoms with van der Waals surface area (Å²) in [5, 5.41) is 1.99. The Morgan fingerprint density at radius 1 is 0.964 bits per heavy atom. The van der Waals surface area contributed by atoms with Gasteiger partial charge in [0.25, 0.3) is 5.56 Å². The molecule has 0 aliphatic carbocycles. The van der Waals surface area contributed by atoms with Crippen molar-refractivity contribution in [2.45, 2.75) is 10.9 Å². The minimum Gasteiger partial charge on any atom is -0.268 e. The Morgan fingerprint density at radius 2 is 1.71 bits per heavy atom. The van der Waals surface area contributed by atoms with Gasteiger partial charge in [0.15, 0.2) is 5.16 Å². The van der Waals surface area contributed by atoms with E-state index in [0.717, 1.165) is 10.0 Å². The van der Waals surface area contributed by atoms with Crippen molar-refractivity contribution in [3.8, 4) is 5.69 Å². The molecule has 0 amide bonds. The lowest BCUT2D eigenvalue weighted by atomic mass is 10.2. The van der Waals surface area contributed by atoms with E-state index in [9.17, 15) is 4.79 Å². The van der Waals surface area contributed by atoms with Gasteiger partial charge >= 0.3 is 0 Å². The molecule has 0 saturated heterocycles. The van der Waals surface area contributed by atoms with Gasteiger partial charge in [0, 0.05) is 10.2 Å². The maximum absolute atomic E-state index is 13.2. The van der Waals surface area contributed by atoms with Crippen LogP contribution in [0, 0.1) is 0 Å². The van der Waals surface area contributed by atoms with Crippen molar-refractivity contribution in [3.63, 3.8) is 0 Å². The van der Waals surface area contributed by atoms with Crippen LogP contribution in [0.15, 0.2) is 81.2 Å². The maximum atomic E-state index is 13.2. The molecule has 140 valence electrons. The Morgan fingerprint density at radius 3 is 2.46 bits per heavy atom. The molecule has 0 aliphatic rings. The van der Waals surface area contributed by atoms with Crippen LogP contribution in [0.25, 0.3) is 16.6 Å². The molecule has 1 heterocycles. The first-order valence-electron chi connectivity index (χ1n) is 8.37. The summed E-state index contributed by atoms with van der Waals surface area (Å²) in [7, 11) is 0. The van der Waals surface area contributed by atoms with Gasteiger partial charge in [0.2, 0.25) is 0 Å². The molecule has 28 heavy (non-hydrogen) atoms. The van der Waals surface area contributed by atoms with Crippen LogP contribution in [0.2, 0.25) is 10.0 Å². The number of para-hydroxylation sites is 1. The van der Waals surface area contributed by atoms with Gasteiger partial charge in [0.1, 0.15) is 0 Å². The van der Waals surface area contributed by atoms with Crippen molar-refractivity contribution >= 4 is 61.8 Å². The van der Waals surface area contributed by atoms with Gasteiger partial charge in [-0.1, -0.05) is 75.2 Å². The molecule has 0 spiro atoms. The van der Waals surface area contributed by atoms with E-state index in [1.165, 1.54) is 11.8 Å². The minimum atomic E-state index is -0.137. The van der Waals surface area contributed by atoms with Crippen molar-refractivity contribution in [2.24, 2.45) is 0 Å². The predicted octanol–water partition coefficient (Wildman–Crippen LogP) is 6.75. The van der Waals surface area contributed by atoms with Crippen molar-refractivity contribution in [2.75, 3.05) is 0 Å². The highest BCUT2D eigenvalue weighted by atomic mass is 79.9. The number of halogens is 3. The average molecular weight is 492 g/mol. The first kappa shape index (κ1) is 19.5. The number of benzene rings is 3. The number of nitrogens with zero attached hydrogens (tertiary/aromatic N) is 2. The van der Waals surface area contributed by atoms with E-state index in [0.29, 0.717) is 37.5 Å². The van der Waals surface area contributed by atoms with Gasteiger partial charge < -0.3 is 0 Å². The molecule has 0 unspecified atom stereocenters. The molecule has 3 aromatic carbocycles. The van der Waals surface area contributed by atoms with Crippen LogP contribution >= 0.6 is 50.9 Å². The van der Waals surface area contributed by atoms with Crippen molar-refractivity contribution in [1.29, 1.82) is 0 Å². The standard InChI is InChI=1S/C21H13BrCl2N2OS/c22-14-7-5-13(6-8-14)12-28-21-25-19-4-2-1-3-16(19)20(27)26(21)15-9-10-17(23)18(24)11-15/h1-11H,12H2. The highest BCUT2D eigenvalue weighted by Crippen LogP contribution is 2.28. The molecule has 0 bridgehead atoms. The van der Waals surface area contributed by atoms with Gasteiger partial charge in [0.05, 0.1) is 26.6 Å². The third-order valence-corrected chi connectivity index (χ3v) is 6.46. The van der Waals surface area contributed by atoms with Crippen LogP contribution in [0.1, 0.15) is 5.56 Å². The third kappa shape index (κ3) is 3.98. The van der Waals surface area contributed by atoms with Gasteiger partial charge in [-0.3, -0.25) is 9.36 Å². The number of hydrogen-bond donors (Lipinski definition) is 0. The number of aromatic nitrogens is 2. The van der Waals surface area contributed by atoms with E-state index in [2.05, 4.69) is 15.9 Å². The molecule has 0 fully saturated rings. The van der Waals surface area contributed by atoms with Crippen molar-refractivity contribution in [3.05, 3.63) is 97.2 Å². The molecular weight excluding hydrogens is 479 g/mol. The van der Waals surface area contributed by atoms with E-state index in [1.807, 2.05) is 42.5 Å². The number of hydrogen-bond acceptors (Lipinski definition) is 3. The van der Waals surface area contributed by atoms with Gasteiger partial charge in [-0.15, -0.1) is 0 Å². The summed E-state index contributed by atoms with van der Waals surface area (Å²) in [6, 6.07) is 20.6. The molecule has 0 radical (unpaired) electrons. The molecule has 0 N–H and O–H groups in total. The summed E-state index contributed by atoms with van der Waals surface area (Å²) in [6.45, 7) is 0. The van der Waals surface area contributed by atoms with Crippen LogP contribution in [0.4, 0.5) is 0 Å². The van der Waals surface area contributed by atoms with Gasteiger partial charge in [-0.25, -0.2) is 4.98 Å². The summed E-state index contributed by atoms with van der Waals surface area (Å²) in [4.78, 5) is 18.0. The zero-order chi connectivity index (χ0) is 19.7. The molecule has 4 rings (SSSR count). The highest BCUT2D eigenvalue weighted by molar-refractivity contribution is 9.10. The normalized spacial score (nSPS) is 11.1. The van der Waals surface area contributed by atoms with E-state index >= 15 is 0 Å². The quantitative estimate of drug-likeness (QED) is 0.234. The lowest BCUT2D eigenvalue weighted by molar-refractivity contribution is 0.819. The smallest absolute Gasteiger partial charge is 0.266 e. The molecule has 7 heteroatoms. The van der Waals surface area contributed by atoms with Crippen LogP contribution in [-0.2, 0) is 5.75 Å². The van der Waals surface area contributed by atoms with Crippen LogP contribution in [-0.4, -0.2) is 9.55 Å². The third-order valence-electron chi connectivity index (χ3n) is 4.19. The van der Waals surface area contributed by atoms with E-state index < -0.39 is 0 Å². The Balaban J connectivity index is 1.84. The molecule has 1 aromatic heterocycles. The van der Waals surface area contributed by atoms with E-state index in [-0.39, 0.29) is 5.56 Å². The molecule has 0 saturated carbocycles. The summed E-state index contributed by atoms with van der Waals surface area (Å²) in [6.07, 6.45) is 0. The maximum Gasteiger partial charge on any atom is 0.266 e. The Hall–Kier alpha value is -1.79. The fourth-order valence-corrected chi connectivity index (χ4v) is 4.31. The zero-order valence-electron chi connectivity index (χ0n) is 14.4. The highest BCUT2D eigenvalue weighted by Gasteiger charge is 2.14. The molecule has 3 nitrogen and oxygen atoms in total. The van der Waals surface area contributed by atoms with Crippen molar-refractivity contribution in [1.82, 2.24) is 9.55 Å². The lowest BCUT2D eigenvalue weighted by Crippen LogP contribution is -2.21. The molecule has 0 atom stereocenters. The topological polar surface area (TPSA) is 34.9 Å². The second kappa shape index (κ2) is 8.29. The van der Waals surface area contributed by atoms with E-state index in [4.69, 9.17) is 28.2 Å². The number of fused-ring (bicyclic) bond motifs is 1. The molecule has 0 aliphatic heterocycles. The number of rotatable bonds is 4. The van der Waals surface area contributed by atoms with Crippen LogP contribution < -0.4 is 5.56 Å². The van der Waals surface area contributed by atoms with Crippen LogP contribution in [0.3, 0.4) is 0 Å². The Kier molecular flexibility index (Phi) is 5.78. The summed E-state index contributed by atoms with van der Waals surface area (Å²) >= 11 is 17.2. The molecule has 4 aromatic rings. The van der Waals surface area contributed by atoms with Gasteiger partial charge in [-0.05, 0) is 48.0 Å². The number of thioether (sulfide) groups is 1.